The number of sulfonamides is 1. The van der Waals surface area contributed by atoms with Gasteiger partial charge in [-0.2, -0.15) is 4.31 Å². The summed E-state index contributed by atoms with van der Waals surface area (Å²) in [5, 5.41) is 2.70. The van der Waals surface area contributed by atoms with E-state index in [0.29, 0.717) is 29.9 Å². The maximum absolute atomic E-state index is 13.2. The molecule has 1 aliphatic heterocycles. The molecule has 1 saturated heterocycles. The van der Waals surface area contributed by atoms with Crippen LogP contribution in [0.15, 0.2) is 83.8 Å². The number of carbonyl (C=O) groups excluding carboxylic acids is 3. The van der Waals surface area contributed by atoms with Crippen LogP contribution in [-0.4, -0.2) is 43.5 Å². The van der Waals surface area contributed by atoms with Gasteiger partial charge in [-0.15, -0.1) is 0 Å². The van der Waals surface area contributed by atoms with Crippen molar-refractivity contribution in [3.63, 3.8) is 0 Å². The third-order valence-corrected chi connectivity index (χ3v) is 8.06. The highest BCUT2D eigenvalue weighted by Gasteiger charge is 2.28. The molecule has 1 unspecified atom stereocenters. The molecule has 0 radical (unpaired) electrons. The maximum atomic E-state index is 13.2. The third kappa shape index (κ3) is 6.31. The van der Waals surface area contributed by atoms with Crippen molar-refractivity contribution in [3.8, 4) is 0 Å². The number of ether oxygens (including phenoxy) is 1. The van der Waals surface area contributed by atoms with Gasteiger partial charge in [0, 0.05) is 29.9 Å². The number of rotatable bonds is 8. The second-order valence-corrected chi connectivity index (χ2v) is 10.7. The minimum Gasteiger partial charge on any atom is -0.444 e. The fourth-order valence-corrected chi connectivity index (χ4v) is 5.63. The number of esters is 1. The predicted molar refractivity (Wildman–Crippen MR) is 139 cm³/mol. The van der Waals surface area contributed by atoms with Crippen LogP contribution in [0.1, 0.15) is 58.6 Å². The molecular formula is C28H28N2O6S. The number of benzene rings is 3. The van der Waals surface area contributed by atoms with Crippen LogP contribution in [0.5, 0.6) is 0 Å². The summed E-state index contributed by atoms with van der Waals surface area (Å²) in [6, 6.07) is 20.5. The highest BCUT2D eigenvalue weighted by atomic mass is 32.2. The van der Waals surface area contributed by atoms with Crippen molar-refractivity contribution in [2.45, 2.75) is 37.2 Å². The molecule has 192 valence electrons. The number of carbonyl (C=O) groups is 3. The van der Waals surface area contributed by atoms with Crippen molar-refractivity contribution >= 4 is 33.4 Å². The molecule has 1 N–H and O–H groups in total. The van der Waals surface area contributed by atoms with Gasteiger partial charge in [0.1, 0.15) is 0 Å². The van der Waals surface area contributed by atoms with E-state index in [4.69, 9.17) is 4.74 Å². The van der Waals surface area contributed by atoms with Crippen LogP contribution in [-0.2, 0) is 19.6 Å². The number of amides is 1. The molecule has 0 bridgehead atoms. The summed E-state index contributed by atoms with van der Waals surface area (Å²) in [6.45, 7) is 2.39. The van der Waals surface area contributed by atoms with E-state index in [-0.39, 0.29) is 16.2 Å². The molecule has 3 aromatic rings. The Morgan fingerprint density at radius 1 is 0.838 bits per heavy atom. The van der Waals surface area contributed by atoms with Crippen molar-refractivity contribution in [1.29, 1.82) is 0 Å². The van der Waals surface area contributed by atoms with Gasteiger partial charge in [0.05, 0.1) is 10.5 Å². The number of nitrogens with zero attached hydrogens (tertiary/aromatic N) is 1. The van der Waals surface area contributed by atoms with Crippen molar-refractivity contribution < 1.29 is 27.5 Å². The molecule has 9 heteroatoms. The molecule has 1 atom stereocenters. The fourth-order valence-electron chi connectivity index (χ4n) is 4.12. The first-order valence-electron chi connectivity index (χ1n) is 12.0. The Hall–Kier alpha value is -3.82. The van der Waals surface area contributed by atoms with E-state index in [1.165, 1.54) is 35.5 Å². The number of hydrogen-bond donors (Lipinski definition) is 1. The minimum absolute atomic E-state index is 0.105. The molecule has 0 saturated carbocycles. The van der Waals surface area contributed by atoms with Crippen LogP contribution in [0.2, 0.25) is 0 Å². The normalized spacial score (nSPS) is 14.9. The lowest BCUT2D eigenvalue weighted by Crippen LogP contribution is -2.35. The Morgan fingerprint density at radius 3 is 2.16 bits per heavy atom. The molecule has 1 fully saturated rings. The Kier molecular flexibility index (Phi) is 8.15. The zero-order valence-corrected chi connectivity index (χ0v) is 21.2. The Morgan fingerprint density at radius 2 is 1.51 bits per heavy atom. The molecule has 1 aliphatic rings. The first-order valence-corrected chi connectivity index (χ1v) is 13.5. The van der Waals surface area contributed by atoms with Gasteiger partial charge < -0.3 is 10.1 Å². The highest BCUT2D eigenvalue weighted by molar-refractivity contribution is 7.89. The second kappa shape index (κ2) is 11.5. The van der Waals surface area contributed by atoms with Crippen molar-refractivity contribution in [3.05, 3.63) is 95.6 Å². The summed E-state index contributed by atoms with van der Waals surface area (Å²) in [5.74, 6) is -1.51. The zero-order valence-electron chi connectivity index (χ0n) is 20.4. The van der Waals surface area contributed by atoms with Crippen LogP contribution < -0.4 is 5.32 Å². The summed E-state index contributed by atoms with van der Waals surface area (Å²) in [7, 11) is -3.64. The van der Waals surface area contributed by atoms with Gasteiger partial charge >= 0.3 is 5.97 Å². The van der Waals surface area contributed by atoms with E-state index in [9.17, 15) is 22.8 Å². The third-order valence-electron chi connectivity index (χ3n) is 6.14. The summed E-state index contributed by atoms with van der Waals surface area (Å²) in [4.78, 5) is 37.9. The number of hydrogen-bond acceptors (Lipinski definition) is 6. The van der Waals surface area contributed by atoms with E-state index in [1.807, 2.05) is 0 Å². The van der Waals surface area contributed by atoms with E-state index in [1.54, 1.807) is 54.6 Å². The number of piperidine rings is 1. The smallest absolute Gasteiger partial charge is 0.339 e. The van der Waals surface area contributed by atoms with E-state index in [2.05, 4.69) is 5.32 Å². The molecule has 8 nitrogen and oxygen atoms in total. The maximum Gasteiger partial charge on any atom is 0.339 e. The van der Waals surface area contributed by atoms with Crippen molar-refractivity contribution in [1.82, 2.24) is 4.31 Å². The van der Waals surface area contributed by atoms with Gasteiger partial charge in [-0.1, -0.05) is 48.9 Å². The molecule has 4 rings (SSSR count). The fraction of sp³-hybridized carbons (Fsp3) is 0.250. The van der Waals surface area contributed by atoms with E-state index >= 15 is 0 Å². The molecule has 3 aromatic carbocycles. The van der Waals surface area contributed by atoms with Gasteiger partial charge in [-0.25, -0.2) is 13.2 Å². The summed E-state index contributed by atoms with van der Waals surface area (Å²) < 4.78 is 32.8. The second-order valence-electron chi connectivity index (χ2n) is 8.81. The summed E-state index contributed by atoms with van der Waals surface area (Å²) in [5.41, 5.74) is 1.40. The molecule has 0 spiro atoms. The van der Waals surface area contributed by atoms with Gasteiger partial charge in [0.15, 0.2) is 5.78 Å². The monoisotopic (exact) mass is 520 g/mol. The highest BCUT2D eigenvalue weighted by Crippen LogP contribution is 2.24. The van der Waals surface area contributed by atoms with Crippen LogP contribution >= 0.6 is 0 Å². The van der Waals surface area contributed by atoms with Gasteiger partial charge in [0.2, 0.25) is 16.1 Å². The van der Waals surface area contributed by atoms with Crippen molar-refractivity contribution in [2.24, 2.45) is 0 Å². The minimum atomic E-state index is -3.64. The quantitative estimate of drug-likeness (QED) is 0.343. The van der Waals surface area contributed by atoms with Crippen LogP contribution in [0.4, 0.5) is 5.69 Å². The molecular weight excluding hydrogens is 492 g/mol. The van der Waals surface area contributed by atoms with Crippen LogP contribution in [0, 0.1) is 0 Å². The topological polar surface area (TPSA) is 110 Å². The van der Waals surface area contributed by atoms with Gasteiger partial charge in [-0.05, 0) is 56.2 Å². The predicted octanol–water partition coefficient (Wildman–Crippen LogP) is 4.60. The lowest BCUT2D eigenvalue weighted by Gasteiger charge is -2.25. The molecule has 37 heavy (non-hydrogen) atoms. The summed E-state index contributed by atoms with van der Waals surface area (Å²) >= 11 is 0. The van der Waals surface area contributed by atoms with E-state index in [0.717, 1.165) is 19.3 Å². The average molecular weight is 521 g/mol. The lowest BCUT2D eigenvalue weighted by molar-refractivity contribution is -0.125. The van der Waals surface area contributed by atoms with Crippen LogP contribution in [0.3, 0.4) is 0 Å². The largest absolute Gasteiger partial charge is 0.444 e. The van der Waals surface area contributed by atoms with Gasteiger partial charge in [-0.3, -0.25) is 9.59 Å². The number of Topliss-reactive ketones (excluding diaryl/α,β-unsaturated/α-hetero) is 1. The number of ketones is 1. The zero-order chi connectivity index (χ0) is 26.4. The van der Waals surface area contributed by atoms with Crippen molar-refractivity contribution in [2.75, 3.05) is 18.4 Å². The number of nitrogens with one attached hydrogen (secondary N) is 1. The molecule has 0 aliphatic carbocycles. The lowest BCUT2D eigenvalue weighted by atomic mass is 10.1. The SMILES string of the molecule is CC(=O)c1cccc(NC(=O)C(OC(=O)c2ccc(S(=O)(=O)N3CCCCC3)cc2)c2ccccc2)c1. The average Bonchev–Trinajstić information content (AvgIpc) is 2.92. The van der Waals surface area contributed by atoms with Gasteiger partial charge in [0.25, 0.3) is 5.91 Å². The first kappa shape index (κ1) is 26.2. The Balaban J connectivity index is 1.52. The molecule has 1 amide bonds. The standard InChI is InChI=1S/C28H28N2O6S/c1-20(31)23-11-8-12-24(19-23)29-27(32)26(21-9-4-2-5-10-21)36-28(33)22-13-15-25(16-14-22)37(34,35)30-17-6-3-7-18-30/h2,4-5,8-16,19,26H,3,6-7,17-18H2,1H3,(H,29,32). The molecule has 1 heterocycles. The molecule has 0 aromatic heterocycles. The Bertz CT molecular complexity index is 1380. The summed E-state index contributed by atoms with van der Waals surface area (Å²) in [6.07, 6.45) is 1.39. The first-order chi connectivity index (χ1) is 17.8. The number of anilines is 1. The Labute approximate surface area is 216 Å². The van der Waals surface area contributed by atoms with Crippen LogP contribution in [0.25, 0.3) is 0 Å². The van der Waals surface area contributed by atoms with E-state index < -0.39 is 28.0 Å².